The van der Waals surface area contributed by atoms with Gasteiger partial charge in [-0.05, 0) is 35.8 Å². The minimum atomic E-state index is 0.214. The number of amides is 1. The highest BCUT2D eigenvalue weighted by molar-refractivity contribution is 5.78. The predicted octanol–water partition coefficient (Wildman–Crippen LogP) is 2.59. The molecule has 0 unspecified atom stereocenters. The highest BCUT2D eigenvalue weighted by atomic mass is 16.1. The van der Waals surface area contributed by atoms with Gasteiger partial charge in [0.2, 0.25) is 5.91 Å². The summed E-state index contributed by atoms with van der Waals surface area (Å²) in [4.78, 5) is 11.6. The van der Waals surface area contributed by atoms with E-state index in [-0.39, 0.29) is 17.4 Å². The average Bonchev–Trinajstić information content (AvgIpc) is 2.64. The molecule has 0 saturated carbocycles. The number of carbonyl (C=O) groups is 1. The third kappa shape index (κ3) is 1.22. The van der Waals surface area contributed by atoms with Crippen LogP contribution in [0.25, 0.3) is 0 Å². The predicted molar refractivity (Wildman–Crippen MR) is 63.0 cm³/mol. The van der Waals surface area contributed by atoms with Crippen molar-refractivity contribution in [1.82, 2.24) is 5.32 Å². The Labute approximate surface area is 96.1 Å². The van der Waals surface area contributed by atoms with Crippen LogP contribution in [0.4, 0.5) is 0 Å². The zero-order valence-corrected chi connectivity index (χ0v) is 9.62. The van der Waals surface area contributed by atoms with Crippen molar-refractivity contribution in [2.75, 3.05) is 0 Å². The monoisotopic (exact) mass is 215 g/mol. The Balaban J connectivity index is 2.07. The number of hydrogen-bond acceptors (Lipinski definition) is 1. The third-order valence-corrected chi connectivity index (χ3v) is 4.38. The van der Waals surface area contributed by atoms with E-state index in [4.69, 9.17) is 0 Å². The van der Waals surface area contributed by atoms with Crippen LogP contribution in [0.3, 0.4) is 0 Å². The molecular formula is C14H17NO. The van der Waals surface area contributed by atoms with E-state index >= 15 is 0 Å². The summed E-state index contributed by atoms with van der Waals surface area (Å²) >= 11 is 0. The molecule has 1 amide bonds. The van der Waals surface area contributed by atoms with E-state index in [1.165, 1.54) is 11.1 Å². The van der Waals surface area contributed by atoms with E-state index in [1.807, 2.05) is 0 Å². The summed E-state index contributed by atoms with van der Waals surface area (Å²) in [6.07, 6.45) is 4.00. The van der Waals surface area contributed by atoms with Gasteiger partial charge in [0.1, 0.15) is 0 Å². The third-order valence-electron chi connectivity index (χ3n) is 4.38. The fraction of sp³-hybridized carbons (Fsp3) is 0.500. The molecule has 1 aromatic rings. The molecular weight excluding hydrogens is 198 g/mol. The SMILES string of the molecule is CC[C@]12CCC(=O)N[C@H]1c1ccccc1C2. The highest BCUT2D eigenvalue weighted by Gasteiger charge is 2.47. The molecule has 0 spiro atoms. The summed E-state index contributed by atoms with van der Waals surface area (Å²) in [6, 6.07) is 8.81. The molecule has 84 valence electrons. The van der Waals surface area contributed by atoms with E-state index in [2.05, 4.69) is 36.5 Å². The van der Waals surface area contributed by atoms with Gasteiger partial charge in [0, 0.05) is 6.42 Å². The standard InChI is InChI=1S/C14H17NO/c1-2-14-8-7-12(16)15-13(14)11-6-4-3-5-10(11)9-14/h3-6,13H,2,7-9H2,1H3,(H,15,16)/t13-,14+/m0/s1. The Morgan fingerprint density at radius 3 is 3.06 bits per heavy atom. The molecule has 2 heteroatoms. The zero-order chi connectivity index (χ0) is 11.2. The maximum atomic E-state index is 11.6. The molecule has 2 atom stereocenters. The summed E-state index contributed by atoms with van der Waals surface area (Å²) < 4.78 is 0. The van der Waals surface area contributed by atoms with Crippen molar-refractivity contribution in [1.29, 1.82) is 0 Å². The van der Waals surface area contributed by atoms with Gasteiger partial charge in [-0.2, -0.15) is 0 Å². The van der Waals surface area contributed by atoms with Crippen molar-refractivity contribution < 1.29 is 4.79 Å². The van der Waals surface area contributed by atoms with E-state index in [0.717, 1.165) is 19.3 Å². The summed E-state index contributed by atoms with van der Waals surface area (Å²) in [5.74, 6) is 0.214. The quantitative estimate of drug-likeness (QED) is 0.766. The molecule has 1 saturated heterocycles. The average molecular weight is 215 g/mol. The van der Waals surface area contributed by atoms with Crippen molar-refractivity contribution in [3.8, 4) is 0 Å². The first-order valence-corrected chi connectivity index (χ1v) is 6.12. The summed E-state index contributed by atoms with van der Waals surface area (Å²) in [5.41, 5.74) is 3.06. The Morgan fingerprint density at radius 1 is 1.44 bits per heavy atom. The first-order valence-electron chi connectivity index (χ1n) is 6.12. The maximum Gasteiger partial charge on any atom is 0.220 e. The molecule has 1 heterocycles. The van der Waals surface area contributed by atoms with Crippen LogP contribution >= 0.6 is 0 Å². The van der Waals surface area contributed by atoms with Gasteiger partial charge >= 0.3 is 0 Å². The summed E-state index contributed by atoms with van der Waals surface area (Å²) in [6.45, 7) is 2.25. The van der Waals surface area contributed by atoms with Crippen LogP contribution in [0, 0.1) is 5.41 Å². The van der Waals surface area contributed by atoms with Crippen LogP contribution in [0.5, 0.6) is 0 Å². The van der Waals surface area contributed by atoms with Gasteiger partial charge in [-0.3, -0.25) is 4.79 Å². The second-order valence-electron chi connectivity index (χ2n) is 5.09. The number of nitrogens with one attached hydrogen (secondary N) is 1. The van der Waals surface area contributed by atoms with Crippen molar-refractivity contribution in [2.24, 2.45) is 5.41 Å². The van der Waals surface area contributed by atoms with Crippen molar-refractivity contribution in [3.63, 3.8) is 0 Å². The summed E-state index contributed by atoms with van der Waals surface area (Å²) in [7, 11) is 0. The molecule has 16 heavy (non-hydrogen) atoms. The molecule has 1 aromatic carbocycles. The summed E-state index contributed by atoms with van der Waals surface area (Å²) in [5, 5.41) is 3.19. The minimum absolute atomic E-state index is 0.214. The van der Waals surface area contributed by atoms with Crippen molar-refractivity contribution >= 4 is 5.91 Å². The number of hydrogen-bond donors (Lipinski definition) is 1. The topological polar surface area (TPSA) is 29.1 Å². The van der Waals surface area contributed by atoms with Crippen molar-refractivity contribution in [3.05, 3.63) is 35.4 Å². The van der Waals surface area contributed by atoms with E-state index in [1.54, 1.807) is 0 Å². The fourth-order valence-electron chi connectivity index (χ4n) is 3.35. The first-order chi connectivity index (χ1) is 7.75. The van der Waals surface area contributed by atoms with Crippen LogP contribution in [0.15, 0.2) is 24.3 Å². The zero-order valence-electron chi connectivity index (χ0n) is 9.62. The Hall–Kier alpha value is -1.31. The molecule has 2 nitrogen and oxygen atoms in total. The van der Waals surface area contributed by atoms with Gasteiger partial charge in [0.15, 0.2) is 0 Å². The normalized spacial score (nSPS) is 31.8. The molecule has 2 aliphatic rings. The lowest BCUT2D eigenvalue weighted by Gasteiger charge is -2.39. The number of benzene rings is 1. The minimum Gasteiger partial charge on any atom is -0.349 e. The van der Waals surface area contributed by atoms with Crippen molar-refractivity contribution in [2.45, 2.75) is 38.6 Å². The van der Waals surface area contributed by atoms with Gasteiger partial charge < -0.3 is 5.32 Å². The van der Waals surface area contributed by atoms with Crippen LogP contribution in [-0.2, 0) is 11.2 Å². The molecule has 1 fully saturated rings. The van der Waals surface area contributed by atoms with Gasteiger partial charge in [-0.1, -0.05) is 31.2 Å². The maximum absolute atomic E-state index is 11.6. The molecule has 0 bridgehead atoms. The van der Waals surface area contributed by atoms with E-state index < -0.39 is 0 Å². The molecule has 1 aliphatic heterocycles. The second kappa shape index (κ2) is 3.34. The first kappa shape index (κ1) is 9.88. The van der Waals surface area contributed by atoms with Crippen LogP contribution in [0.2, 0.25) is 0 Å². The Bertz CT molecular complexity index is 440. The lowest BCUT2D eigenvalue weighted by molar-refractivity contribution is -0.126. The highest BCUT2D eigenvalue weighted by Crippen LogP contribution is 2.52. The second-order valence-corrected chi connectivity index (χ2v) is 5.09. The largest absolute Gasteiger partial charge is 0.349 e. The van der Waals surface area contributed by atoms with Crippen LogP contribution in [0.1, 0.15) is 43.4 Å². The Kier molecular flexibility index (Phi) is 2.06. The smallest absolute Gasteiger partial charge is 0.220 e. The molecule has 0 aromatic heterocycles. The van der Waals surface area contributed by atoms with Crippen LogP contribution < -0.4 is 5.32 Å². The molecule has 1 N–H and O–H groups in total. The lowest BCUT2D eigenvalue weighted by atomic mass is 9.72. The number of rotatable bonds is 1. The number of piperidine rings is 1. The van der Waals surface area contributed by atoms with Gasteiger partial charge in [0.25, 0.3) is 0 Å². The fourth-order valence-corrected chi connectivity index (χ4v) is 3.35. The van der Waals surface area contributed by atoms with E-state index in [9.17, 15) is 4.79 Å². The Morgan fingerprint density at radius 2 is 2.25 bits per heavy atom. The van der Waals surface area contributed by atoms with Gasteiger partial charge in [0.05, 0.1) is 6.04 Å². The van der Waals surface area contributed by atoms with E-state index in [0.29, 0.717) is 6.42 Å². The van der Waals surface area contributed by atoms with Crippen LogP contribution in [-0.4, -0.2) is 5.91 Å². The molecule has 1 aliphatic carbocycles. The lowest BCUT2D eigenvalue weighted by Crippen LogP contribution is -2.43. The molecule has 3 rings (SSSR count). The molecule has 0 radical (unpaired) electrons. The van der Waals surface area contributed by atoms with Gasteiger partial charge in [-0.25, -0.2) is 0 Å². The number of carbonyl (C=O) groups excluding carboxylic acids is 1. The number of fused-ring (bicyclic) bond motifs is 3. The van der Waals surface area contributed by atoms with Gasteiger partial charge in [-0.15, -0.1) is 0 Å².